The van der Waals surface area contributed by atoms with Gasteiger partial charge in [-0.15, -0.1) is 0 Å². The van der Waals surface area contributed by atoms with Crippen LogP contribution >= 0.6 is 0 Å². The van der Waals surface area contributed by atoms with Gasteiger partial charge in [0.1, 0.15) is 6.61 Å². The van der Waals surface area contributed by atoms with Gasteiger partial charge in [0.15, 0.2) is 0 Å². The van der Waals surface area contributed by atoms with E-state index in [1.807, 2.05) is 13.8 Å². The minimum absolute atomic E-state index is 0.0860. The highest BCUT2D eigenvalue weighted by Crippen LogP contribution is 2.10. The van der Waals surface area contributed by atoms with Crippen molar-refractivity contribution < 1.29 is 14.7 Å². The molecule has 0 aliphatic carbocycles. The lowest BCUT2D eigenvalue weighted by Crippen LogP contribution is -2.30. The lowest BCUT2D eigenvalue weighted by atomic mass is 10.0. The van der Waals surface area contributed by atoms with E-state index in [9.17, 15) is 9.59 Å². The first-order valence-corrected chi connectivity index (χ1v) is 6.83. The number of hydrogen-bond donors (Lipinski definition) is 3. The predicted molar refractivity (Wildman–Crippen MR) is 80.8 cm³/mol. The van der Waals surface area contributed by atoms with Crippen LogP contribution < -0.4 is 10.6 Å². The Kier molecular flexibility index (Phi) is 6.99. The third-order valence-corrected chi connectivity index (χ3v) is 2.81. The third-order valence-electron chi connectivity index (χ3n) is 2.81. The Balaban J connectivity index is 2.67. The van der Waals surface area contributed by atoms with E-state index in [1.54, 1.807) is 18.2 Å². The Morgan fingerprint density at radius 3 is 2.71 bits per heavy atom. The van der Waals surface area contributed by atoms with Crippen molar-refractivity contribution in [3.8, 4) is 11.8 Å². The molecule has 1 aromatic carbocycles. The van der Waals surface area contributed by atoms with Gasteiger partial charge in [-0.2, -0.15) is 0 Å². The van der Waals surface area contributed by atoms with Crippen molar-refractivity contribution in [2.45, 2.75) is 20.3 Å². The molecule has 0 aromatic heterocycles. The van der Waals surface area contributed by atoms with Gasteiger partial charge in [0, 0.05) is 30.6 Å². The fraction of sp³-hybridized carbons (Fsp3) is 0.375. The number of benzene rings is 1. The molecule has 0 saturated heterocycles. The molecule has 21 heavy (non-hydrogen) atoms. The molecule has 5 heteroatoms. The Bertz CT molecular complexity index is 571. The largest absolute Gasteiger partial charge is 0.384 e. The lowest BCUT2D eigenvalue weighted by molar-refractivity contribution is -0.120. The Labute approximate surface area is 124 Å². The first kappa shape index (κ1) is 16.7. The van der Waals surface area contributed by atoms with E-state index in [1.165, 1.54) is 0 Å². The molecule has 2 amide bonds. The van der Waals surface area contributed by atoms with Crippen molar-refractivity contribution in [3.63, 3.8) is 0 Å². The summed E-state index contributed by atoms with van der Waals surface area (Å²) in [7, 11) is 0. The van der Waals surface area contributed by atoms with Crippen LogP contribution in [0.2, 0.25) is 0 Å². The summed E-state index contributed by atoms with van der Waals surface area (Å²) in [5.41, 5.74) is 2.03. The van der Waals surface area contributed by atoms with Gasteiger partial charge in [0.05, 0.1) is 0 Å². The standard InChI is InChI=1S/C16H20N2O3/c1-3-17-15(20)8-9-18-16(21)14-11-13(5-4-10-19)7-6-12(14)2/h6-7,11,19H,3,8-10H2,1-2H3,(H,17,20)(H,18,21). The maximum Gasteiger partial charge on any atom is 0.251 e. The van der Waals surface area contributed by atoms with Crippen LogP contribution in [0.1, 0.15) is 34.8 Å². The zero-order valence-corrected chi connectivity index (χ0v) is 12.3. The van der Waals surface area contributed by atoms with E-state index in [0.717, 1.165) is 5.56 Å². The fourth-order valence-corrected chi connectivity index (χ4v) is 1.76. The van der Waals surface area contributed by atoms with Crippen LogP contribution in [0.3, 0.4) is 0 Å². The maximum absolute atomic E-state index is 12.1. The van der Waals surface area contributed by atoms with Crippen molar-refractivity contribution in [2.24, 2.45) is 0 Å². The van der Waals surface area contributed by atoms with Gasteiger partial charge in [-0.25, -0.2) is 0 Å². The molecule has 0 atom stereocenters. The second-order valence-corrected chi connectivity index (χ2v) is 4.45. The van der Waals surface area contributed by atoms with Crippen LogP contribution in [0.15, 0.2) is 18.2 Å². The van der Waals surface area contributed by atoms with Gasteiger partial charge in [-0.05, 0) is 31.5 Å². The van der Waals surface area contributed by atoms with Gasteiger partial charge in [0.2, 0.25) is 5.91 Å². The number of amides is 2. The zero-order chi connectivity index (χ0) is 15.7. The second kappa shape index (κ2) is 8.77. The van der Waals surface area contributed by atoms with E-state index >= 15 is 0 Å². The van der Waals surface area contributed by atoms with Crippen LogP contribution in [0.25, 0.3) is 0 Å². The minimum atomic E-state index is -0.232. The number of carbonyl (C=O) groups excluding carboxylic acids is 2. The van der Waals surface area contributed by atoms with Gasteiger partial charge in [0.25, 0.3) is 5.91 Å². The molecule has 0 fully saturated rings. The van der Waals surface area contributed by atoms with E-state index in [2.05, 4.69) is 22.5 Å². The summed E-state index contributed by atoms with van der Waals surface area (Å²) < 4.78 is 0. The number of rotatable bonds is 5. The number of nitrogens with one attached hydrogen (secondary N) is 2. The highest BCUT2D eigenvalue weighted by atomic mass is 16.2. The van der Waals surface area contributed by atoms with Gasteiger partial charge in [-0.3, -0.25) is 9.59 Å². The monoisotopic (exact) mass is 288 g/mol. The normalized spacial score (nSPS) is 9.48. The molecule has 3 N–H and O–H groups in total. The summed E-state index contributed by atoms with van der Waals surface area (Å²) in [5, 5.41) is 14.1. The summed E-state index contributed by atoms with van der Waals surface area (Å²) in [6.45, 7) is 4.33. The first-order chi connectivity index (χ1) is 10.1. The quantitative estimate of drug-likeness (QED) is 0.694. The maximum atomic E-state index is 12.1. The first-order valence-electron chi connectivity index (χ1n) is 6.83. The molecule has 0 bridgehead atoms. The number of aliphatic hydroxyl groups excluding tert-OH is 1. The molecule has 1 rings (SSSR count). The Morgan fingerprint density at radius 2 is 2.05 bits per heavy atom. The summed E-state index contributed by atoms with van der Waals surface area (Å²) in [5.74, 6) is 4.99. The smallest absolute Gasteiger partial charge is 0.251 e. The molecule has 0 spiro atoms. The molecule has 0 aliphatic heterocycles. The summed E-state index contributed by atoms with van der Waals surface area (Å²) in [6, 6.07) is 5.28. The number of aryl methyl sites for hydroxylation is 1. The summed E-state index contributed by atoms with van der Waals surface area (Å²) in [4.78, 5) is 23.4. The third kappa shape index (κ3) is 5.67. The highest BCUT2D eigenvalue weighted by Gasteiger charge is 2.09. The number of aliphatic hydroxyl groups is 1. The zero-order valence-electron chi connectivity index (χ0n) is 12.3. The fourth-order valence-electron chi connectivity index (χ4n) is 1.76. The molecule has 5 nitrogen and oxygen atoms in total. The molecule has 0 radical (unpaired) electrons. The summed E-state index contributed by atoms with van der Waals surface area (Å²) in [6.07, 6.45) is 0.253. The Hall–Kier alpha value is -2.32. The average Bonchev–Trinajstić information content (AvgIpc) is 2.46. The highest BCUT2D eigenvalue weighted by molar-refractivity contribution is 5.96. The molecule has 0 heterocycles. The molecule has 0 unspecified atom stereocenters. The van der Waals surface area contributed by atoms with Gasteiger partial charge in [-0.1, -0.05) is 17.9 Å². The SMILES string of the molecule is CCNC(=O)CCNC(=O)c1cc(C#CCO)ccc1C. The van der Waals surface area contributed by atoms with E-state index < -0.39 is 0 Å². The van der Waals surface area contributed by atoms with Crippen molar-refractivity contribution in [2.75, 3.05) is 19.7 Å². The van der Waals surface area contributed by atoms with Crippen molar-refractivity contribution in [1.29, 1.82) is 0 Å². The molecule has 0 aliphatic rings. The minimum Gasteiger partial charge on any atom is -0.384 e. The molecular weight excluding hydrogens is 268 g/mol. The van der Waals surface area contributed by atoms with Gasteiger partial charge < -0.3 is 15.7 Å². The van der Waals surface area contributed by atoms with Crippen molar-refractivity contribution >= 4 is 11.8 Å². The van der Waals surface area contributed by atoms with Crippen LogP contribution in [0, 0.1) is 18.8 Å². The number of carbonyl (C=O) groups is 2. The van der Waals surface area contributed by atoms with Crippen LogP contribution in [-0.2, 0) is 4.79 Å². The molecular formula is C16H20N2O3. The molecule has 0 saturated carbocycles. The van der Waals surface area contributed by atoms with Crippen molar-refractivity contribution in [3.05, 3.63) is 34.9 Å². The topological polar surface area (TPSA) is 78.4 Å². The molecule has 1 aromatic rings. The lowest BCUT2D eigenvalue weighted by Gasteiger charge is -2.08. The second-order valence-electron chi connectivity index (χ2n) is 4.45. The van der Waals surface area contributed by atoms with Crippen LogP contribution in [0.4, 0.5) is 0 Å². The summed E-state index contributed by atoms with van der Waals surface area (Å²) >= 11 is 0. The van der Waals surface area contributed by atoms with Gasteiger partial charge >= 0.3 is 0 Å². The van der Waals surface area contributed by atoms with Crippen molar-refractivity contribution in [1.82, 2.24) is 10.6 Å². The average molecular weight is 288 g/mol. The Morgan fingerprint density at radius 1 is 1.29 bits per heavy atom. The van der Waals surface area contributed by atoms with E-state index in [0.29, 0.717) is 17.7 Å². The van der Waals surface area contributed by atoms with E-state index in [-0.39, 0.29) is 31.4 Å². The molecule has 112 valence electrons. The van der Waals surface area contributed by atoms with Crippen LogP contribution in [0.5, 0.6) is 0 Å². The van der Waals surface area contributed by atoms with Crippen LogP contribution in [-0.4, -0.2) is 36.6 Å². The van der Waals surface area contributed by atoms with E-state index in [4.69, 9.17) is 5.11 Å². The predicted octanol–water partition coefficient (Wildman–Crippen LogP) is 0.595. The number of hydrogen-bond acceptors (Lipinski definition) is 3.